The van der Waals surface area contributed by atoms with Crippen LogP contribution in [0.25, 0.3) is 5.65 Å². The summed E-state index contributed by atoms with van der Waals surface area (Å²) in [4.78, 5) is 17.5. The van der Waals surface area contributed by atoms with Gasteiger partial charge in [-0.2, -0.15) is 0 Å². The highest BCUT2D eigenvalue weighted by atomic mass is 79.9. The minimum absolute atomic E-state index is 0.255. The van der Waals surface area contributed by atoms with Crippen LogP contribution >= 0.6 is 15.9 Å². The Bertz CT molecular complexity index is 903. The summed E-state index contributed by atoms with van der Waals surface area (Å²) in [6.45, 7) is 4.01. The normalized spacial score (nSPS) is 11.0. The Morgan fingerprint density at radius 2 is 2.04 bits per heavy atom. The number of hydrogen-bond acceptors (Lipinski definition) is 2. The maximum absolute atomic E-state index is 13.0. The summed E-state index contributed by atoms with van der Waals surface area (Å²) in [5.41, 5.74) is 3.58. The lowest BCUT2D eigenvalue weighted by atomic mass is 10.2. The molecule has 0 aliphatic heterocycles. The van der Waals surface area contributed by atoms with Gasteiger partial charge in [0.25, 0.3) is 5.91 Å². The Balaban J connectivity index is 2.07. The minimum atomic E-state index is -0.339. The van der Waals surface area contributed by atoms with E-state index in [1.807, 2.05) is 23.6 Å². The summed E-state index contributed by atoms with van der Waals surface area (Å²) in [5.74, 6) is -0.593. The predicted molar refractivity (Wildman–Crippen MR) is 96.0 cm³/mol. The van der Waals surface area contributed by atoms with E-state index in [1.165, 1.54) is 24.3 Å². The molecule has 0 bridgehead atoms. The molecule has 0 unspecified atom stereocenters. The second-order valence-electron chi connectivity index (χ2n) is 5.65. The summed E-state index contributed by atoms with van der Waals surface area (Å²) in [7, 11) is 0. The lowest BCUT2D eigenvalue weighted by molar-refractivity contribution is 0.102. The van der Waals surface area contributed by atoms with Gasteiger partial charge in [0.15, 0.2) is 0 Å². The third-order valence-corrected chi connectivity index (χ3v) is 4.18. The number of aryl methyl sites for hydroxylation is 2. The van der Waals surface area contributed by atoms with E-state index < -0.39 is 0 Å². The minimum Gasteiger partial charge on any atom is -0.321 e. The fourth-order valence-electron chi connectivity index (χ4n) is 2.69. The van der Waals surface area contributed by atoms with Crippen LogP contribution in [0.2, 0.25) is 0 Å². The fraction of sp³-hybridized carbons (Fsp3) is 0.222. The summed E-state index contributed by atoms with van der Waals surface area (Å²) < 4.78 is 15.7. The molecule has 2 heterocycles. The zero-order valence-corrected chi connectivity index (χ0v) is 15.0. The second-order valence-corrected chi connectivity index (χ2v) is 6.57. The van der Waals surface area contributed by atoms with Gasteiger partial charge in [0.05, 0.1) is 5.69 Å². The number of nitrogens with zero attached hydrogens (tertiary/aromatic N) is 2. The molecule has 124 valence electrons. The van der Waals surface area contributed by atoms with E-state index in [0.717, 1.165) is 27.8 Å². The van der Waals surface area contributed by atoms with Gasteiger partial charge >= 0.3 is 0 Å². The Hall–Kier alpha value is -2.21. The Morgan fingerprint density at radius 3 is 2.71 bits per heavy atom. The van der Waals surface area contributed by atoms with Crippen molar-refractivity contribution in [2.45, 2.75) is 26.7 Å². The molecule has 0 spiro atoms. The predicted octanol–water partition coefficient (Wildman–Crippen LogP) is 4.75. The van der Waals surface area contributed by atoms with Gasteiger partial charge in [0.1, 0.15) is 17.2 Å². The van der Waals surface area contributed by atoms with E-state index in [4.69, 9.17) is 0 Å². The van der Waals surface area contributed by atoms with Crippen LogP contribution in [-0.2, 0) is 6.42 Å². The van der Waals surface area contributed by atoms with Crippen molar-refractivity contribution in [3.05, 3.63) is 63.8 Å². The summed E-state index contributed by atoms with van der Waals surface area (Å²) in [6.07, 6.45) is 3.44. The van der Waals surface area contributed by atoms with Gasteiger partial charge in [-0.15, -0.1) is 0 Å². The van der Waals surface area contributed by atoms with Crippen molar-refractivity contribution >= 4 is 33.2 Å². The molecule has 0 aliphatic rings. The van der Waals surface area contributed by atoms with Crippen LogP contribution in [0.4, 0.5) is 10.1 Å². The number of benzene rings is 1. The van der Waals surface area contributed by atoms with Gasteiger partial charge in [-0.05, 0) is 65.2 Å². The quantitative estimate of drug-likeness (QED) is 0.699. The third kappa shape index (κ3) is 3.19. The molecule has 0 saturated heterocycles. The third-order valence-electron chi connectivity index (χ3n) is 3.75. The maximum atomic E-state index is 13.0. The zero-order chi connectivity index (χ0) is 17.3. The van der Waals surface area contributed by atoms with Crippen LogP contribution in [0.15, 0.2) is 41.0 Å². The molecule has 3 rings (SSSR count). The van der Waals surface area contributed by atoms with E-state index >= 15 is 0 Å². The highest BCUT2D eigenvalue weighted by Crippen LogP contribution is 2.22. The van der Waals surface area contributed by atoms with Crippen molar-refractivity contribution in [1.82, 2.24) is 9.38 Å². The van der Waals surface area contributed by atoms with Crippen LogP contribution in [-0.4, -0.2) is 15.3 Å². The molecule has 3 aromatic rings. The first-order chi connectivity index (χ1) is 11.5. The topological polar surface area (TPSA) is 46.4 Å². The molecule has 2 aromatic heterocycles. The van der Waals surface area contributed by atoms with E-state index in [-0.39, 0.29) is 11.7 Å². The molecule has 4 nitrogen and oxygen atoms in total. The van der Waals surface area contributed by atoms with Crippen LogP contribution in [0, 0.1) is 12.7 Å². The average molecular weight is 390 g/mol. The van der Waals surface area contributed by atoms with Gasteiger partial charge in [0.2, 0.25) is 0 Å². The number of imidazole rings is 1. The van der Waals surface area contributed by atoms with E-state index in [2.05, 4.69) is 33.2 Å². The first kappa shape index (κ1) is 16.6. The number of fused-ring (bicyclic) bond motifs is 1. The van der Waals surface area contributed by atoms with Gasteiger partial charge in [-0.3, -0.25) is 9.20 Å². The van der Waals surface area contributed by atoms with E-state index in [0.29, 0.717) is 17.8 Å². The van der Waals surface area contributed by atoms with Crippen LogP contribution in [0.5, 0.6) is 0 Å². The molecule has 0 saturated carbocycles. The molecule has 6 heteroatoms. The van der Waals surface area contributed by atoms with Crippen molar-refractivity contribution in [1.29, 1.82) is 0 Å². The van der Waals surface area contributed by atoms with Crippen LogP contribution < -0.4 is 5.32 Å². The number of halogens is 2. The van der Waals surface area contributed by atoms with E-state index in [9.17, 15) is 9.18 Å². The molecular formula is C18H17BrFN3O. The number of pyridine rings is 1. The van der Waals surface area contributed by atoms with Gasteiger partial charge in [-0.1, -0.05) is 13.3 Å². The first-order valence-corrected chi connectivity index (χ1v) is 8.53. The number of anilines is 1. The largest absolute Gasteiger partial charge is 0.321 e. The standard InChI is InChI=1S/C18H17BrFN3O/c1-3-4-15-16(18(24)21-14-7-5-13(20)6-8-14)23-10-12(19)9-11(2)17(23)22-15/h5-10H,3-4H2,1-2H3,(H,21,24). The lowest BCUT2D eigenvalue weighted by Gasteiger charge is -2.08. The molecule has 0 atom stereocenters. The number of carbonyl (C=O) groups excluding carboxylic acids is 1. The van der Waals surface area contributed by atoms with Crippen molar-refractivity contribution in [3.63, 3.8) is 0 Å². The highest BCUT2D eigenvalue weighted by molar-refractivity contribution is 9.10. The number of aromatic nitrogens is 2. The Labute approximate surface area is 147 Å². The van der Waals surface area contributed by atoms with Crippen LogP contribution in [0.3, 0.4) is 0 Å². The monoisotopic (exact) mass is 389 g/mol. The fourth-order valence-corrected chi connectivity index (χ4v) is 3.24. The Kier molecular flexibility index (Phi) is 4.66. The van der Waals surface area contributed by atoms with Gasteiger partial charge in [0, 0.05) is 16.4 Å². The highest BCUT2D eigenvalue weighted by Gasteiger charge is 2.20. The first-order valence-electron chi connectivity index (χ1n) is 7.73. The number of nitrogens with one attached hydrogen (secondary N) is 1. The molecule has 0 aliphatic carbocycles. The van der Waals surface area contributed by atoms with Crippen molar-refractivity contribution in [2.75, 3.05) is 5.32 Å². The molecule has 0 radical (unpaired) electrons. The van der Waals surface area contributed by atoms with E-state index in [1.54, 1.807) is 0 Å². The van der Waals surface area contributed by atoms with Crippen molar-refractivity contribution < 1.29 is 9.18 Å². The van der Waals surface area contributed by atoms with Crippen molar-refractivity contribution in [2.24, 2.45) is 0 Å². The molecule has 1 N–H and O–H groups in total. The molecule has 1 aromatic carbocycles. The number of amides is 1. The average Bonchev–Trinajstić information content (AvgIpc) is 2.88. The Morgan fingerprint density at radius 1 is 1.33 bits per heavy atom. The zero-order valence-electron chi connectivity index (χ0n) is 13.4. The SMILES string of the molecule is CCCc1nc2c(C)cc(Br)cn2c1C(=O)Nc1ccc(F)cc1. The van der Waals surface area contributed by atoms with Crippen LogP contribution in [0.1, 0.15) is 35.1 Å². The maximum Gasteiger partial charge on any atom is 0.274 e. The molecular weight excluding hydrogens is 373 g/mol. The molecule has 0 fully saturated rings. The molecule has 1 amide bonds. The summed E-state index contributed by atoms with van der Waals surface area (Å²) in [5, 5.41) is 2.82. The summed E-state index contributed by atoms with van der Waals surface area (Å²) >= 11 is 3.47. The number of hydrogen-bond donors (Lipinski definition) is 1. The van der Waals surface area contributed by atoms with Gasteiger partial charge < -0.3 is 5.32 Å². The second kappa shape index (κ2) is 6.73. The van der Waals surface area contributed by atoms with Crippen molar-refractivity contribution in [3.8, 4) is 0 Å². The summed E-state index contributed by atoms with van der Waals surface area (Å²) in [6, 6.07) is 7.68. The van der Waals surface area contributed by atoms with Gasteiger partial charge in [-0.25, -0.2) is 9.37 Å². The number of carbonyl (C=O) groups is 1. The lowest BCUT2D eigenvalue weighted by Crippen LogP contribution is -2.16. The molecule has 24 heavy (non-hydrogen) atoms. The smallest absolute Gasteiger partial charge is 0.274 e. The number of rotatable bonds is 4.